The zero-order valence-corrected chi connectivity index (χ0v) is 11.4. The number of rotatable bonds is 3. The summed E-state index contributed by atoms with van der Waals surface area (Å²) in [6.45, 7) is 5.20. The lowest BCUT2D eigenvalue weighted by molar-refractivity contribution is -0.148. The highest BCUT2D eigenvalue weighted by Gasteiger charge is 2.46. The van der Waals surface area contributed by atoms with Crippen LogP contribution in [-0.4, -0.2) is 23.0 Å². The molecule has 104 valence electrons. The van der Waals surface area contributed by atoms with Crippen LogP contribution in [0.4, 0.5) is 0 Å². The Labute approximate surface area is 112 Å². The van der Waals surface area contributed by atoms with Gasteiger partial charge in [0.1, 0.15) is 11.5 Å². The molecule has 5 heteroatoms. The van der Waals surface area contributed by atoms with Crippen molar-refractivity contribution in [1.82, 2.24) is 5.32 Å². The van der Waals surface area contributed by atoms with Gasteiger partial charge in [-0.3, -0.25) is 9.59 Å². The number of aryl methyl sites for hydroxylation is 2. The van der Waals surface area contributed by atoms with E-state index in [1.54, 1.807) is 26.8 Å². The predicted molar refractivity (Wildman–Crippen MR) is 69.0 cm³/mol. The second-order valence-electron chi connectivity index (χ2n) is 5.47. The highest BCUT2D eigenvalue weighted by Crippen LogP contribution is 2.38. The molecule has 1 amide bonds. The third-order valence-corrected chi connectivity index (χ3v) is 4.04. The van der Waals surface area contributed by atoms with Gasteiger partial charge in [-0.25, -0.2) is 0 Å². The van der Waals surface area contributed by atoms with Crippen molar-refractivity contribution in [1.29, 1.82) is 0 Å². The van der Waals surface area contributed by atoms with Gasteiger partial charge in [0.05, 0.1) is 11.0 Å². The molecule has 1 fully saturated rings. The van der Waals surface area contributed by atoms with E-state index >= 15 is 0 Å². The molecule has 5 nitrogen and oxygen atoms in total. The van der Waals surface area contributed by atoms with E-state index in [4.69, 9.17) is 4.42 Å². The summed E-state index contributed by atoms with van der Waals surface area (Å²) in [5, 5.41) is 12.2. The standard InChI is InChI=1S/C14H19NO4/c1-8-7-10(9(2)19-8)12(16)15-11-5-4-6-14(11,3)13(17)18/h7,11H,4-6H2,1-3H3,(H,15,16)(H,17,18). The number of furan rings is 1. The first-order valence-corrected chi connectivity index (χ1v) is 6.46. The molecule has 0 bridgehead atoms. The van der Waals surface area contributed by atoms with E-state index in [0.717, 1.165) is 6.42 Å². The van der Waals surface area contributed by atoms with Gasteiger partial charge < -0.3 is 14.8 Å². The Bertz CT molecular complexity index is 520. The van der Waals surface area contributed by atoms with Crippen LogP contribution < -0.4 is 5.32 Å². The number of aliphatic carboxylic acids is 1. The topological polar surface area (TPSA) is 79.5 Å². The number of amides is 1. The number of hydrogen-bond donors (Lipinski definition) is 2. The van der Waals surface area contributed by atoms with Crippen LogP contribution in [-0.2, 0) is 4.79 Å². The summed E-state index contributed by atoms with van der Waals surface area (Å²) in [7, 11) is 0. The maximum Gasteiger partial charge on any atom is 0.311 e. The SMILES string of the molecule is Cc1cc(C(=O)NC2CCCC2(C)C(=O)O)c(C)o1. The third kappa shape index (κ3) is 2.37. The molecule has 1 aromatic heterocycles. The molecule has 2 N–H and O–H groups in total. The van der Waals surface area contributed by atoms with Gasteiger partial charge >= 0.3 is 5.97 Å². The van der Waals surface area contributed by atoms with Gasteiger partial charge in [-0.05, 0) is 39.7 Å². The molecule has 0 aromatic carbocycles. The molecule has 2 unspecified atom stereocenters. The van der Waals surface area contributed by atoms with Crippen LogP contribution in [0.3, 0.4) is 0 Å². The molecular weight excluding hydrogens is 246 g/mol. The smallest absolute Gasteiger partial charge is 0.311 e. The zero-order chi connectivity index (χ0) is 14.2. The molecule has 1 saturated carbocycles. The lowest BCUT2D eigenvalue weighted by atomic mass is 9.85. The Balaban J connectivity index is 2.15. The van der Waals surface area contributed by atoms with Crippen LogP contribution in [0.15, 0.2) is 10.5 Å². The molecule has 0 saturated heterocycles. The van der Waals surface area contributed by atoms with Crippen LogP contribution in [0, 0.1) is 19.3 Å². The minimum atomic E-state index is -0.873. The molecule has 0 spiro atoms. The number of nitrogens with one attached hydrogen (secondary N) is 1. The van der Waals surface area contributed by atoms with E-state index in [9.17, 15) is 14.7 Å². The summed E-state index contributed by atoms with van der Waals surface area (Å²) < 4.78 is 5.32. The van der Waals surface area contributed by atoms with E-state index in [0.29, 0.717) is 29.9 Å². The molecule has 19 heavy (non-hydrogen) atoms. The van der Waals surface area contributed by atoms with Crippen LogP contribution in [0.5, 0.6) is 0 Å². The highest BCUT2D eigenvalue weighted by molar-refractivity contribution is 5.96. The minimum Gasteiger partial charge on any atom is -0.481 e. The zero-order valence-electron chi connectivity index (χ0n) is 11.4. The number of hydrogen-bond acceptors (Lipinski definition) is 3. The molecule has 0 aliphatic heterocycles. The molecule has 1 aliphatic carbocycles. The van der Waals surface area contributed by atoms with Gasteiger partial charge in [0.25, 0.3) is 5.91 Å². The van der Waals surface area contributed by atoms with Crippen molar-refractivity contribution in [3.63, 3.8) is 0 Å². The van der Waals surface area contributed by atoms with E-state index in [1.165, 1.54) is 0 Å². The molecule has 2 atom stereocenters. The van der Waals surface area contributed by atoms with E-state index in [2.05, 4.69) is 5.32 Å². The van der Waals surface area contributed by atoms with Crippen molar-refractivity contribution in [2.45, 2.75) is 46.1 Å². The fourth-order valence-corrected chi connectivity index (χ4v) is 2.75. The maximum atomic E-state index is 12.2. The number of carbonyl (C=O) groups is 2. The van der Waals surface area contributed by atoms with E-state index in [-0.39, 0.29) is 11.9 Å². The maximum absolute atomic E-state index is 12.2. The van der Waals surface area contributed by atoms with Crippen molar-refractivity contribution >= 4 is 11.9 Å². The molecular formula is C14H19NO4. The predicted octanol–water partition coefficient (Wildman–Crippen LogP) is 2.27. The third-order valence-electron chi connectivity index (χ3n) is 4.04. The summed E-state index contributed by atoms with van der Waals surface area (Å²) in [6, 6.07) is 1.35. The number of carbonyl (C=O) groups excluding carboxylic acids is 1. The average molecular weight is 265 g/mol. The Morgan fingerprint density at radius 3 is 2.68 bits per heavy atom. The largest absolute Gasteiger partial charge is 0.481 e. The van der Waals surface area contributed by atoms with Crippen molar-refractivity contribution in [3.8, 4) is 0 Å². The first kappa shape index (κ1) is 13.6. The van der Waals surface area contributed by atoms with E-state index < -0.39 is 11.4 Å². The first-order chi connectivity index (χ1) is 8.84. The van der Waals surface area contributed by atoms with Crippen LogP contribution in [0.25, 0.3) is 0 Å². The monoisotopic (exact) mass is 265 g/mol. The summed E-state index contributed by atoms with van der Waals surface area (Å²) in [6.07, 6.45) is 2.11. The fraction of sp³-hybridized carbons (Fsp3) is 0.571. The highest BCUT2D eigenvalue weighted by atomic mass is 16.4. The molecule has 1 aromatic rings. The van der Waals surface area contributed by atoms with Gasteiger partial charge in [0, 0.05) is 6.04 Å². The summed E-state index contributed by atoms with van der Waals surface area (Å²) >= 11 is 0. The van der Waals surface area contributed by atoms with Crippen molar-refractivity contribution in [2.75, 3.05) is 0 Å². The quantitative estimate of drug-likeness (QED) is 0.878. The lowest BCUT2D eigenvalue weighted by Crippen LogP contribution is -2.47. The second-order valence-corrected chi connectivity index (χ2v) is 5.47. The van der Waals surface area contributed by atoms with Gasteiger partial charge in [0.2, 0.25) is 0 Å². The van der Waals surface area contributed by atoms with E-state index in [1.807, 2.05) is 0 Å². The molecule has 1 heterocycles. The van der Waals surface area contributed by atoms with Crippen LogP contribution in [0.2, 0.25) is 0 Å². The molecule has 0 radical (unpaired) electrons. The summed E-state index contributed by atoms with van der Waals surface area (Å²) in [5.74, 6) is 0.129. The van der Waals surface area contributed by atoms with Crippen LogP contribution >= 0.6 is 0 Å². The van der Waals surface area contributed by atoms with Crippen molar-refractivity contribution in [3.05, 3.63) is 23.2 Å². The first-order valence-electron chi connectivity index (χ1n) is 6.46. The normalized spacial score (nSPS) is 26.4. The van der Waals surface area contributed by atoms with Crippen LogP contribution in [0.1, 0.15) is 48.1 Å². The Morgan fingerprint density at radius 2 is 2.16 bits per heavy atom. The number of carboxylic acid groups (broad SMARTS) is 1. The average Bonchev–Trinajstić information content (AvgIpc) is 2.84. The van der Waals surface area contributed by atoms with Crippen molar-refractivity contribution < 1.29 is 19.1 Å². The lowest BCUT2D eigenvalue weighted by Gasteiger charge is -2.27. The van der Waals surface area contributed by atoms with Gasteiger partial charge in [-0.1, -0.05) is 6.42 Å². The number of carboxylic acids is 1. The summed E-state index contributed by atoms with van der Waals surface area (Å²) in [5.41, 5.74) is -0.389. The summed E-state index contributed by atoms with van der Waals surface area (Å²) in [4.78, 5) is 23.5. The minimum absolute atomic E-state index is 0.256. The van der Waals surface area contributed by atoms with Crippen molar-refractivity contribution in [2.24, 2.45) is 5.41 Å². The second kappa shape index (κ2) is 4.72. The Kier molecular flexibility index (Phi) is 3.39. The van der Waals surface area contributed by atoms with Gasteiger partial charge in [0.15, 0.2) is 0 Å². The Morgan fingerprint density at radius 1 is 1.47 bits per heavy atom. The Hall–Kier alpha value is -1.78. The molecule has 2 rings (SSSR count). The molecule has 1 aliphatic rings. The fourth-order valence-electron chi connectivity index (χ4n) is 2.75. The van der Waals surface area contributed by atoms with Gasteiger partial charge in [-0.15, -0.1) is 0 Å². The van der Waals surface area contributed by atoms with Gasteiger partial charge in [-0.2, -0.15) is 0 Å².